The molecule has 0 unspecified atom stereocenters. The summed E-state index contributed by atoms with van der Waals surface area (Å²) in [6, 6.07) is 20.3. The van der Waals surface area contributed by atoms with E-state index in [1.54, 1.807) is 30.5 Å². The number of nitriles is 1. The van der Waals surface area contributed by atoms with Crippen LogP contribution in [0, 0.1) is 11.3 Å². The first-order valence-corrected chi connectivity index (χ1v) is 10.4. The summed E-state index contributed by atoms with van der Waals surface area (Å²) in [4.78, 5) is 30.6. The lowest BCUT2D eigenvalue weighted by atomic mass is 10.0. The van der Waals surface area contributed by atoms with Crippen LogP contribution in [0.1, 0.15) is 22.4 Å². The van der Waals surface area contributed by atoms with Gasteiger partial charge in [0.25, 0.3) is 11.8 Å². The van der Waals surface area contributed by atoms with E-state index in [0.29, 0.717) is 24.3 Å². The van der Waals surface area contributed by atoms with Crippen LogP contribution >= 0.6 is 0 Å². The number of pyridine rings is 1. The molecule has 0 radical (unpaired) electrons. The van der Waals surface area contributed by atoms with E-state index in [9.17, 15) is 25.1 Å². The fourth-order valence-electron chi connectivity index (χ4n) is 3.76. The number of carbonyl (C=O) groups is 2. The quantitative estimate of drug-likeness (QED) is 0.531. The molecule has 0 saturated carbocycles. The number of nitrogens with one attached hydrogen (secondary N) is 1. The van der Waals surface area contributed by atoms with E-state index in [1.165, 1.54) is 4.90 Å². The van der Waals surface area contributed by atoms with Crippen molar-refractivity contribution < 1.29 is 19.8 Å². The van der Waals surface area contributed by atoms with Gasteiger partial charge >= 0.3 is 0 Å². The third kappa shape index (κ3) is 4.75. The number of benzene rings is 2. The largest absolute Gasteiger partial charge is 0.380 e. The maximum atomic E-state index is 12.6. The molecule has 3 aromatic rings. The normalized spacial score (nSPS) is 14.2. The minimum atomic E-state index is -1.90. The van der Waals surface area contributed by atoms with Crippen LogP contribution in [0.5, 0.6) is 0 Å². The van der Waals surface area contributed by atoms with Gasteiger partial charge in [0.15, 0.2) is 12.2 Å². The number of hydrogen-bond donors (Lipinski definition) is 3. The van der Waals surface area contributed by atoms with Crippen molar-refractivity contribution in [3.05, 3.63) is 89.2 Å². The molecule has 0 spiro atoms. The van der Waals surface area contributed by atoms with Crippen LogP contribution in [0.4, 0.5) is 0 Å². The van der Waals surface area contributed by atoms with Crippen LogP contribution in [0.15, 0.2) is 66.9 Å². The SMILES string of the molecule is N#Cc1ccccc1-c1ccc(CNC(=O)[C@H](O)[C@@H](O)C(=O)N2Cc3ccccc3C2)nc1. The standard InChI is InChI=1S/C25H22N4O4/c26-11-16-5-3-4-8-21(16)17-9-10-20(27-12-17)13-28-24(32)22(30)23(31)25(33)29-14-18-6-1-2-7-19(18)15-29/h1-10,12,22-23,30-31H,13-15H2,(H,28,32)/t22-,23-/m1/s1. The Morgan fingerprint density at radius 2 is 1.67 bits per heavy atom. The summed E-state index contributed by atoms with van der Waals surface area (Å²) in [5.74, 6) is -1.57. The van der Waals surface area contributed by atoms with Gasteiger partial charge in [0.05, 0.1) is 23.9 Å². The molecule has 1 aliphatic rings. The highest BCUT2D eigenvalue weighted by molar-refractivity contribution is 5.90. The second-order valence-electron chi connectivity index (χ2n) is 7.77. The molecule has 3 N–H and O–H groups in total. The minimum Gasteiger partial charge on any atom is -0.380 e. The van der Waals surface area contributed by atoms with Crippen molar-refractivity contribution >= 4 is 11.8 Å². The number of fused-ring (bicyclic) bond motifs is 1. The molecule has 8 heteroatoms. The smallest absolute Gasteiger partial charge is 0.255 e. The average Bonchev–Trinajstić information content (AvgIpc) is 3.30. The third-order valence-electron chi connectivity index (χ3n) is 5.60. The minimum absolute atomic E-state index is 0.00609. The van der Waals surface area contributed by atoms with Gasteiger partial charge < -0.3 is 20.4 Å². The number of rotatable bonds is 6. The zero-order chi connectivity index (χ0) is 23.4. The van der Waals surface area contributed by atoms with Gasteiger partial charge in [-0.2, -0.15) is 5.26 Å². The van der Waals surface area contributed by atoms with Gasteiger partial charge in [0.2, 0.25) is 0 Å². The predicted molar refractivity (Wildman–Crippen MR) is 119 cm³/mol. The Hall–Kier alpha value is -4.06. The van der Waals surface area contributed by atoms with Crippen LogP contribution in [0.25, 0.3) is 11.1 Å². The van der Waals surface area contributed by atoms with E-state index in [-0.39, 0.29) is 6.54 Å². The fourth-order valence-corrected chi connectivity index (χ4v) is 3.76. The van der Waals surface area contributed by atoms with Gasteiger partial charge in [-0.25, -0.2) is 0 Å². The van der Waals surface area contributed by atoms with E-state index in [1.807, 2.05) is 36.4 Å². The second-order valence-corrected chi connectivity index (χ2v) is 7.77. The summed E-state index contributed by atoms with van der Waals surface area (Å²) in [6.07, 6.45) is -2.17. The Morgan fingerprint density at radius 3 is 2.30 bits per heavy atom. The number of hydrogen-bond acceptors (Lipinski definition) is 6. The van der Waals surface area contributed by atoms with Crippen LogP contribution in [-0.2, 0) is 29.2 Å². The van der Waals surface area contributed by atoms with E-state index >= 15 is 0 Å². The average molecular weight is 442 g/mol. The molecule has 8 nitrogen and oxygen atoms in total. The molecule has 33 heavy (non-hydrogen) atoms. The van der Waals surface area contributed by atoms with Crippen LogP contribution in [-0.4, -0.2) is 44.1 Å². The molecule has 0 aliphatic carbocycles. The number of aliphatic hydroxyl groups is 2. The summed E-state index contributed by atoms with van der Waals surface area (Å²) in [6.45, 7) is 0.656. The first-order chi connectivity index (χ1) is 16.0. The number of aliphatic hydroxyl groups excluding tert-OH is 2. The van der Waals surface area contributed by atoms with E-state index in [2.05, 4.69) is 16.4 Å². The summed E-state index contributed by atoms with van der Waals surface area (Å²) >= 11 is 0. The Balaban J connectivity index is 1.33. The molecular weight excluding hydrogens is 420 g/mol. The summed E-state index contributed by atoms with van der Waals surface area (Å²) < 4.78 is 0. The summed E-state index contributed by atoms with van der Waals surface area (Å²) in [5, 5.41) is 32.2. The maximum Gasteiger partial charge on any atom is 0.255 e. The number of amides is 2. The number of carbonyl (C=O) groups excluding carboxylic acids is 2. The first kappa shape index (κ1) is 22.1. The number of nitrogens with zero attached hydrogens (tertiary/aromatic N) is 3. The lowest BCUT2D eigenvalue weighted by Gasteiger charge is -2.22. The van der Waals surface area contributed by atoms with Gasteiger partial charge in [0, 0.05) is 30.4 Å². The van der Waals surface area contributed by atoms with Gasteiger partial charge in [-0.3, -0.25) is 14.6 Å². The van der Waals surface area contributed by atoms with Gasteiger partial charge in [-0.1, -0.05) is 48.5 Å². The third-order valence-corrected chi connectivity index (χ3v) is 5.60. The molecule has 0 saturated heterocycles. The Bertz CT molecular complexity index is 1190. The van der Waals surface area contributed by atoms with Gasteiger partial charge in [0.1, 0.15) is 0 Å². The zero-order valence-electron chi connectivity index (χ0n) is 17.7. The highest BCUT2D eigenvalue weighted by Crippen LogP contribution is 2.24. The predicted octanol–water partition coefficient (Wildman–Crippen LogP) is 1.50. The van der Waals surface area contributed by atoms with Crippen molar-refractivity contribution in [2.45, 2.75) is 31.8 Å². The topological polar surface area (TPSA) is 127 Å². The van der Waals surface area contributed by atoms with Crippen molar-refractivity contribution in [1.29, 1.82) is 5.26 Å². The Kier molecular flexibility index (Phi) is 6.45. The summed E-state index contributed by atoms with van der Waals surface area (Å²) in [5.41, 5.74) is 4.51. The lowest BCUT2D eigenvalue weighted by molar-refractivity contribution is -0.153. The molecule has 2 atom stereocenters. The Morgan fingerprint density at radius 1 is 1.00 bits per heavy atom. The number of aromatic nitrogens is 1. The van der Waals surface area contributed by atoms with Crippen molar-refractivity contribution in [3.8, 4) is 17.2 Å². The molecule has 0 fully saturated rings. The van der Waals surface area contributed by atoms with Crippen LogP contribution in [0.3, 0.4) is 0 Å². The molecule has 2 amide bonds. The van der Waals surface area contributed by atoms with Crippen LogP contribution < -0.4 is 5.32 Å². The molecule has 2 aromatic carbocycles. The highest BCUT2D eigenvalue weighted by Gasteiger charge is 2.35. The second kappa shape index (κ2) is 9.61. The van der Waals surface area contributed by atoms with Crippen LogP contribution in [0.2, 0.25) is 0 Å². The fraction of sp³-hybridized carbons (Fsp3) is 0.200. The van der Waals surface area contributed by atoms with E-state index in [4.69, 9.17) is 0 Å². The lowest BCUT2D eigenvalue weighted by Crippen LogP contribution is -2.49. The highest BCUT2D eigenvalue weighted by atomic mass is 16.3. The molecule has 1 aromatic heterocycles. The molecule has 4 rings (SSSR count). The van der Waals surface area contributed by atoms with Crippen molar-refractivity contribution in [3.63, 3.8) is 0 Å². The molecule has 1 aliphatic heterocycles. The van der Waals surface area contributed by atoms with Gasteiger partial charge in [-0.15, -0.1) is 0 Å². The van der Waals surface area contributed by atoms with Gasteiger partial charge in [-0.05, 0) is 23.3 Å². The van der Waals surface area contributed by atoms with E-state index < -0.39 is 24.0 Å². The maximum absolute atomic E-state index is 12.6. The van der Waals surface area contributed by atoms with Crippen molar-refractivity contribution in [2.24, 2.45) is 0 Å². The molecular formula is C25H22N4O4. The molecule has 0 bridgehead atoms. The summed E-state index contributed by atoms with van der Waals surface area (Å²) in [7, 11) is 0. The monoisotopic (exact) mass is 442 g/mol. The molecule has 166 valence electrons. The Labute approximate surface area is 190 Å². The van der Waals surface area contributed by atoms with Crippen molar-refractivity contribution in [1.82, 2.24) is 15.2 Å². The van der Waals surface area contributed by atoms with Crippen molar-refractivity contribution in [2.75, 3.05) is 0 Å². The first-order valence-electron chi connectivity index (χ1n) is 10.4. The molecule has 2 heterocycles. The zero-order valence-corrected chi connectivity index (χ0v) is 17.7. The van der Waals surface area contributed by atoms with E-state index in [0.717, 1.165) is 22.3 Å².